The van der Waals surface area contributed by atoms with Crippen LogP contribution in [0, 0.1) is 6.92 Å². The number of thioether (sulfide) groups is 1. The van der Waals surface area contributed by atoms with E-state index in [9.17, 15) is 8.42 Å². The zero-order valence-electron chi connectivity index (χ0n) is 11.0. The Morgan fingerprint density at radius 2 is 1.95 bits per heavy atom. The molecule has 20 heavy (non-hydrogen) atoms. The summed E-state index contributed by atoms with van der Waals surface area (Å²) >= 11 is 1.58. The summed E-state index contributed by atoms with van der Waals surface area (Å²) in [5, 5.41) is -0.0586. The van der Waals surface area contributed by atoms with E-state index in [4.69, 9.17) is 5.73 Å². The molecule has 2 aromatic rings. The van der Waals surface area contributed by atoms with Crippen molar-refractivity contribution < 1.29 is 8.42 Å². The first-order chi connectivity index (χ1) is 9.47. The molecule has 0 aromatic heterocycles. The number of fused-ring (bicyclic) bond motifs is 1. The maximum atomic E-state index is 12.2. The third-order valence-electron chi connectivity index (χ3n) is 3.45. The zero-order valence-corrected chi connectivity index (χ0v) is 12.7. The standard InChI is InChI=1S/C15H15NO2S2/c1-10-6-7-11(16)8-13(10)19-14-9-20(17,18)15-5-3-2-4-12(14)15/h2-8,14H,9,16H2,1H3. The fourth-order valence-corrected chi connectivity index (χ4v) is 6.00. The van der Waals surface area contributed by atoms with E-state index >= 15 is 0 Å². The molecule has 2 N–H and O–H groups in total. The molecule has 0 radical (unpaired) electrons. The maximum absolute atomic E-state index is 12.2. The van der Waals surface area contributed by atoms with Gasteiger partial charge in [0.25, 0.3) is 0 Å². The van der Waals surface area contributed by atoms with Gasteiger partial charge in [0.2, 0.25) is 0 Å². The van der Waals surface area contributed by atoms with Crippen LogP contribution >= 0.6 is 11.8 Å². The van der Waals surface area contributed by atoms with Crippen LogP contribution in [0.5, 0.6) is 0 Å². The van der Waals surface area contributed by atoms with Gasteiger partial charge in [0, 0.05) is 10.6 Å². The van der Waals surface area contributed by atoms with Gasteiger partial charge in [-0.05, 0) is 36.2 Å². The van der Waals surface area contributed by atoms with Gasteiger partial charge in [-0.25, -0.2) is 8.42 Å². The van der Waals surface area contributed by atoms with E-state index in [2.05, 4.69) is 0 Å². The van der Waals surface area contributed by atoms with Gasteiger partial charge in [-0.1, -0.05) is 24.3 Å². The van der Waals surface area contributed by atoms with Crippen molar-refractivity contribution in [3.8, 4) is 0 Å². The second-order valence-corrected chi connectivity index (χ2v) is 8.20. The first-order valence-electron chi connectivity index (χ1n) is 6.32. The van der Waals surface area contributed by atoms with Crippen molar-refractivity contribution in [2.75, 3.05) is 11.5 Å². The molecule has 0 fully saturated rings. The minimum absolute atomic E-state index is 0.0586. The summed E-state index contributed by atoms with van der Waals surface area (Å²) in [4.78, 5) is 1.51. The third-order valence-corrected chi connectivity index (χ3v) is 6.88. The highest BCUT2D eigenvalue weighted by Gasteiger charge is 2.35. The van der Waals surface area contributed by atoms with Crippen LogP contribution in [0.4, 0.5) is 5.69 Å². The van der Waals surface area contributed by atoms with Crippen LogP contribution in [0.25, 0.3) is 0 Å². The van der Waals surface area contributed by atoms with E-state index in [0.29, 0.717) is 10.6 Å². The third kappa shape index (κ3) is 2.31. The molecule has 0 bridgehead atoms. The lowest BCUT2D eigenvalue weighted by Gasteiger charge is -2.12. The van der Waals surface area contributed by atoms with Crippen LogP contribution in [0.3, 0.4) is 0 Å². The number of sulfone groups is 1. The van der Waals surface area contributed by atoms with Gasteiger partial charge in [-0.3, -0.25) is 0 Å². The summed E-state index contributed by atoms with van der Waals surface area (Å²) in [7, 11) is -3.15. The number of nitrogens with two attached hydrogens (primary N) is 1. The Labute approximate surface area is 123 Å². The normalized spacial score (nSPS) is 19.8. The number of hydrogen-bond donors (Lipinski definition) is 1. The number of hydrogen-bond acceptors (Lipinski definition) is 4. The molecule has 1 atom stereocenters. The van der Waals surface area contributed by atoms with Gasteiger partial charge in [-0.2, -0.15) is 0 Å². The molecular weight excluding hydrogens is 290 g/mol. The van der Waals surface area contributed by atoms with Gasteiger partial charge >= 0.3 is 0 Å². The predicted octanol–water partition coefficient (Wildman–Crippen LogP) is 3.20. The van der Waals surface area contributed by atoms with E-state index in [-0.39, 0.29) is 11.0 Å². The van der Waals surface area contributed by atoms with Crippen LogP contribution in [0.1, 0.15) is 16.4 Å². The molecule has 0 aliphatic carbocycles. The molecule has 1 unspecified atom stereocenters. The van der Waals surface area contributed by atoms with Crippen LogP contribution in [0.2, 0.25) is 0 Å². The van der Waals surface area contributed by atoms with E-state index < -0.39 is 9.84 Å². The van der Waals surface area contributed by atoms with E-state index in [1.807, 2.05) is 37.3 Å². The van der Waals surface area contributed by atoms with E-state index in [0.717, 1.165) is 16.0 Å². The Morgan fingerprint density at radius 3 is 2.75 bits per heavy atom. The van der Waals surface area contributed by atoms with Crippen LogP contribution in [-0.2, 0) is 9.84 Å². The number of aryl methyl sites for hydroxylation is 1. The zero-order chi connectivity index (χ0) is 14.3. The lowest BCUT2D eigenvalue weighted by Crippen LogP contribution is -2.01. The van der Waals surface area contributed by atoms with Gasteiger partial charge in [0.15, 0.2) is 9.84 Å². The summed E-state index contributed by atoms with van der Waals surface area (Å²) in [6.07, 6.45) is 0. The second-order valence-electron chi connectivity index (χ2n) is 4.95. The molecule has 5 heteroatoms. The molecule has 0 saturated carbocycles. The van der Waals surface area contributed by atoms with Crippen molar-refractivity contribution in [2.24, 2.45) is 0 Å². The van der Waals surface area contributed by atoms with Gasteiger partial charge in [-0.15, -0.1) is 11.8 Å². The molecule has 0 saturated heterocycles. The molecular formula is C15H15NO2S2. The highest BCUT2D eigenvalue weighted by molar-refractivity contribution is 8.01. The first kappa shape index (κ1) is 13.5. The number of nitrogen functional groups attached to an aromatic ring is 1. The van der Waals surface area contributed by atoms with Crippen molar-refractivity contribution in [1.82, 2.24) is 0 Å². The van der Waals surface area contributed by atoms with Crippen molar-refractivity contribution in [3.05, 3.63) is 53.6 Å². The quantitative estimate of drug-likeness (QED) is 0.866. The minimum atomic E-state index is -3.15. The first-order valence-corrected chi connectivity index (χ1v) is 8.85. The molecule has 3 rings (SSSR count). The molecule has 1 heterocycles. The molecule has 104 valence electrons. The van der Waals surface area contributed by atoms with Crippen molar-refractivity contribution in [3.63, 3.8) is 0 Å². The predicted molar refractivity (Wildman–Crippen MR) is 82.7 cm³/mol. The largest absolute Gasteiger partial charge is 0.399 e. The average molecular weight is 305 g/mol. The monoisotopic (exact) mass is 305 g/mol. The lowest BCUT2D eigenvalue weighted by molar-refractivity contribution is 0.600. The highest BCUT2D eigenvalue weighted by atomic mass is 32.2. The highest BCUT2D eigenvalue weighted by Crippen LogP contribution is 2.45. The molecule has 1 aliphatic heterocycles. The Hall–Kier alpha value is -1.46. The number of anilines is 1. The van der Waals surface area contributed by atoms with Crippen molar-refractivity contribution >= 4 is 27.3 Å². The number of rotatable bonds is 2. The fourth-order valence-electron chi connectivity index (χ4n) is 2.40. The van der Waals surface area contributed by atoms with E-state index in [1.165, 1.54) is 0 Å². The number of benzene rings is 2. The second kappa shape index (κ2) is 4.82. The molecule has 2 aromatic carbocycles. The smallest absolute Gasteiger partial charge is 0.180 e. The van der Waals surface area contributed by atoms with Crippen molar-refractivity contribution in [2.45, 2.75) is 22.0 Å². The van der Waals surface area contributed by atoms with Crippen LogP contribution in [0.15, 0.2) is 52.3 Å². The summed E-state index contributed by atoms with van der Waals surface area (Å²) in [6, 6.07) is 13.0. The summed E-state index contributed by atoms with van der Waals surface area (Å²) in [5.74, 6) is 0.158. The molecule has 0 spiro atoms. The molecule has 1 aliphatic rings. The summed E-state index contributed by atoms with van der Waals surface area (Å²) in [5.41, 5.74) is 8.54. The fraction of sp³-hybridized carbons (Fsp3) is 0.200. The van der Waals surface area contributed by atoms with E-state index in [1.54, 1.807) is 23.9 Å². The summed E-state index contributed by atoms with van der Waals surface area (Å²) < 4.78 is 24.3. The van der Waals surface area contributed by atoms with Gasteiger partial charge in [0.1, 0.15) is 0 Å². The Bertz CT molecular complexity index is 769. The van der Waals surface area contributed by atoms with Crippen LogP contribution < -0.4 is 5.73 Å². The average Bonchev–Trinajstić information content (AvgIpc) is 2.66. The van der Waals surface area contributed by atoms with Gasteiger partial charge in [0.05, 0.1) is 15.9 Å². The Balaban J connectivity index is 2.00. The molecule has 3 nitrogen and oxygen atoms in total. The SMILES string of the molecule is Cc1ccc(N)cc1SC1CS(=O)(=O)c2ccccc21. The molecule has 0 amide bonds. The minimum Gasteiger partial charge on any atom is -0.399 e. The topological polar surface area (TPSA) is 60.2 Å². The summed E-state index contributed by atoms with van der Waals surface area (Å²) in [6.45, 7) is 2.01. The van der Waals surface area contributed by atoms with Gasteiger partial charge < -0.3 is 5.73 Å². The van der Waals surface area contributed by atoms with Crippen LogP contribution in [-0.4, -0.2) is 14.2 Å². The van der Waals surface area contributed by atoms with Crippen molar-refractivity contribution in [1.29, 1.82) is 0 Å². The maximum Gasteiger partial charge on any atom is 0.180 e. The Kier molecular flexibility index (Phi) is 3.26. The Morgan fingerprint density at radius 1 is 1.20 bits per heavy atom. The lowest BCUT2D eigenvalue weighted by atomic mass is 10.2.